The summed E-state index contributed by atoms with van der Waals surface area (Å²) in [6, 6.07) is 14.7. The maximum Gasteiger partial charge on any atom is 0.277 e. The number of carbonyl (C=O) groups excluding carboxylic acids is 1. The minimum absolute atomic E-state index is 0.160. The molecule has 0 atom stereocenters. The quantitative estimate of drug-likeness (QED) is 0.400. The summed E-state index contributed by atoms with van der Waals surface area (Å²) in [5.74, 6) is 0.891. The van der Waals surface area contributed by atoms with Crippen LogP contribution in [0.3, 0.4) is 0 Å². The minimum Gasteiger partial charge on any atom is -0.497 e. The van der Waals surface area contributed by atoms with Crippen molar-refractivity contribution in [1.29, 1.82) is 0 Å². The van der Waals surface area contributed by atoms with E-state index in [9.17, 15) is 4.79 Å². The molecule has 0 aliphatic rings. The van der Waals surface area contributed by atoms with Crippen molar-refractivity contribution >= 4 is 34.6 Å². The number of nitrogens with zero attached hydrogens (tertiary/aromatic N) is 2. The fourth-order valence-corrected chi connectivity index (χ4v) is 2.58. The zero-order valence-electron chi connectivity index (χ0n) is 14.9. The number of nitrogens with one attached hydrogen (secondary N) is 1. The van der Waals surface area contributed by atoms with Gasteiger partial charge in [-0.1, -0.05) is 23.7 Å². The van der Waals surface area contributed by atoms with Crippen molar-refractivity contribution in [3.8, 4) is 11.5 Å². The van der Waals surface area contributed by atoms with Crippen molar-refractivity contribution in [2.24, 2.45) is 5.10 Å². The van der Waals surface area contributed by atoms with Crippen molar-refractivity contribution in [1.82, 2.24) is 10.4 Å². The van der Waals surface area contributed by atoms with E-state index in [0.29, 0.717) is 22.2 Å². The van der Waals surface area contributed by atoms with Crippen molar-refractivity contribution in [2.75, 3.05) is 13.7 Å². The molecule has 0 spiro atoms. The summed E-state index contributed by atoms with van der Waals surface area (Å²) in [5, 5.41) is 5.18. The Bertz CT molecular complexity index is 988. The molecule has 0 bridgehead atoms. The second kappa shape index (κ2) is 8.51. The molecule has 2 aromatic carbocycles. The first-order valence-electron chi connectivity index (χ1n) is 8.21. The number of hydrogen-bond donors (Lipinski definition) is 1. The van der Waals surface area contributed by atoms with Crippen LogP contribution < -0.4 is 14.9 Å². The molecule has 3 rings (SSSR count). The van der Waals surface area contributed by atoms with Crippen molar-refractivity contribution in [3.63, 3.8) is 0 Å². The van der Waals surface area contributed by atoms with Gasteiger partial charge < -0.3 is 9.47 Å². The molecule has 1 aromatic heterocycles. The third kappa shape index (κ3) is 4.95. The number of aryl methyl sites for hydroxylation is 1. The lowest BCUT2D eigenvalue weighted by Crippen LogP contribution is -2.24. The monoisotopic (exact) mass is 383 g/mol. The summed E-state index contributed by atoms with van der Waals surface area (Å²) in [5.41, 5.74) is 4.94. The summed E-state index contributed by atoms with van der Waals surface area (Å²) in [6.07, 6.45) is 1.46. The first-order valence-corrected chi connectivity index (χ1v) is 8.58. The van der Waals surface area contributed by atoms with Crippen molar-refractivity contribution in [3.05, 3.63) is 64.8 Å². The molecule has 0 fully saturated rings. The van der Waals surface area contributed by atoms with Crippen LogP contribution in [0.1, 0.15) is 11.1 Å². The van der Waals surface area contributed by atoms with Crippen LogP contribution in [-0.2, 0) is 4.79 Å². The average Bonchev–Trinajstić information content (AvgIpc) is 2.67. The number of amides is 1. The van der Waals surface area contributed by atoms with Crippen LogP contribution in [0.5, 0.6) is 11.5 Å². The van der Waals surface area contributed by atoms with E-state index in [4.69, 9.17) is 21.1 Å². The summed E-state index contributed by atoms with van der Waals surface area (Å²) in [4.78, 5) is 16.2. The Balaban J connectivity index is 1.57. The van der Waals surface area contributed by atoms with E-state index in [1.165, 1.54) is 6.21 Å². The van der Waals surface area contributed by atoms with Gasteiger partial charge in [0.25, 0.3) is 5.91 Å². The maximum absolute atomic E-state index is 11.8. The van der Waals surface area contributed by atoms with E-state index in [1.54, 1.807) is 31.4 Å². The van der Waals surface area contributed by atoms with Gasteiger partial charge in [-0.15, -0.1) is 0 Å². The molecular formula is C20H18ClN3O3. The van der Waals surface area contributed by atoms with Gasteiger partial charge in [-0.3, -0.25) is 4.79 Å². The Kier molecular flexibility index (Phi) is 5.88. The number of hydrazone groups is 1. The van der Waals surface area contributed by atoms with Gasteiger partial charge in [-0.05, 0) is 48.9 Å². The number of rotatable bonds is 6. The summed E-state index contributed by atoms with van der Waals surface area (Å²) >= 11 is 6.19. The van der Waals surface area contributed by atoms with Gasteiger partial charge in [0.1, 0.15) is 16.7 Å². The van der Waals surface area contributed by atoms with E-state index >= 15 is 0 Å². The lowest BCUT2D eigenvalue weighted by atomic mass is 10.1. The van der Waals surface area contributed by atoms with Crippen LogP contribution >= 0.6 is 11.6 Å². The summed E-state index contributed by atoms with van der Waals surface area (Å²) in [7, 11) is 1.58. The molecular weight excluding hydrogens is 366 g/mol. The normalized spacial score (nSPS) is 10.9. The predicted molar refractivity (Wildman–Crippen MR) is 106 cm³/mol. The average molecular weight is 384 g/mol. The molecule has 27 heavy (non-hydrogen) atoms. The number of ether oxygens (including phenoxy) is 2. The molecule has 0 unspecified atom stereocenters. The van der Waals surface area contributed by atoms with Gasteiger partial charge in [-0.2, -0.15) is 5.10 Å². The fraction of sp³-hybridized carbons (Fsp3) is 0.150. The molecule has 6 nitrogen and oxygen atoms in total. The molecule has 1 amide bonds. The fourth-order valence-electron chi connectivity index (χ4n) is 2.39. The molecule has 138 valence electrons. The molecule has 7 heteroatoms. The van der Waals surface area contributed by atoms with E-state index < -0.39 is 0 Å². The van der Waals surface area contributed by atoms with Gasteiger partial charge in [0.05, 0.1) is 18.8 Å². The second-order valence-electron chi connectivity index (χ2n) is 5.82. The van der Waals surface area contributed by atoms with Crippen LogP contribution in [-0.4, -0.2) is 30.8 Å². The zero-order chi connectivity index (χ0) is 19.2. The van der Waals surface area contributed by atoms with Crippen LogP contribution in [0.25, 0.3) is 10.9 Å². The Labute approximate surface area is 161 Å². The number of benzene rings is 2. The number of carbonyl (C=O) groups is 1. The molecule has 0 aliphatic carbocycles. The first-order chi connectivity index (χ1) is 13.0. The number of aromatic nitrogens is 1. The van der Waals surface area contributed by atoms with Crippen molar-refractivity contribution < 1.29 is 14.3 Å². The minimum atomic E-state index is -0.387. The van der Waals surface area contributed by atoms with E-state index in [1.807, 2.05) is 31.2 Å². The highest BCUT2D eigenvalue weighted by molar-refractivity contribution is 6.32. The van der Waals surface area contributed by atoms with Crippen LogP contribution in [0, 0.1) is 6.92 Å². The third-order valence-electron chi connectivity index (χ3n) is 3.78. The number of hydrogen-bond acceptors (Lipinski definition) is 5. The van der Waals surface area contributed by atoms with Gasteiger partial charge in [-0.25, -0.2) is 10.4 Å². The molecule has 0 radical (unpaired) electrons. The SMILES string of the molecule is COc1ccc(OCC(=O)N/N=C\c2cc3ccc(C)cc3nc2Cl)cc1. The van der Waals surface area contributed by atoms with Crippen LogP contribution in [0.4, 0.5) is 0 Å². The van der Waals surface area contributed by atoms with Crippen LogP contribution in [0.15, 0.2) is 53.6 Å². The number of methoxy groups -OCH3 is 1. The van der Waals surface area contributed by atoms with Crippen molar-refractivity contribution in [2.45, 2.75) is 6.92 Å². The number of fused-ring (bicyclic) bond motifs is 1. The Morgan fingerprint density at radius 1 is 1.19 bits per heavy atom. The highest BCUT2D eigenvalue weighted by atomic mass is 35.5. The Morgan fingerprint density at radius 3 is 2.67 bits per heavy atom. The first kappa shape index (κ1) is 18.7. The molecule has 1 N–H and O–H groups in total. The van der Waals surface area contributed by atoms with E-state index in [-0.39, 0.29) is 12.5 Å². The van der Waals surface area contributed by atoms with E-state index in [2.05, 4.69) is 15.5 Å². The Hall–Kier alpha value is -3.12. The van der Waals surface area contributed by atoms with Gasteiger partial charge in [0.2, 0.25) is 0 Å². The number of pyridine rings is 1. The highest BCUT2D eigenvalue weighted by Crippen LogP contribution is 2.20. The lowest BCUT2D eigenvalue weighted by molar-refractivity contribution is -0.123. The van der Waals surface area contributed by atoms with Gasteiger partial charge in [0.15, 0.2) is 6.61 Å². The topological polar surface area (TPSA) is 72.8 Å². The van der Waals surface area contributed by atoms with Gasteiger partial charge in [0, 0.05) is 10.9 Å². The van der Waals surface area contributed by atoms with Gasteiger partial charge >= 0.3 is 0 Å². The standard InChI is InChI=1S/C20H18ClN3O3/c1-13-3-4-14-10-15(20(21)23-18(14)9-13)11-22-24-19(25)12-27-17-7-5-16(26-2)6-8-17/h3-11H,12H2,1-2H3,(H,24,25)/b22-11-. The van der Waals surface area contributed by atoms with E-state index in [0.717, 1.165) is 16.5 Å². The summed E-state index contributed by atoms with van der Waals surface area (Å²) < 4.78 is 10.4. The van der Waals surface area contributed by atoms with Crippen LogP contribution in [0.2, 0.25) is 5.15 Å². The maximum atomic E-state index is 11.8. The highest BCUT2D eigenvalue weighted by Gasteiger charge is 2.05. The Morgan fingerprint density at radius 2 is 1.93 bits per heavy atom. The predicted octanol–water partition coefficient (Wildman–Crippen LogP) is 3.73. The molecule has 1 heterocycles. The molecule has 0 saturated carbocycles. The second-order valence-corrected chi connectivity index (χ2v) is 6.18. The number of halogens is 1. The molecule has 0 aliphatic heterocycles. The largest absolute Gasteiger partial charge is 0.497 e. The summed E-state index contributed by atoms with van der Waals surface area (Å²) in [6.45, 7) is 1.83. The molecule has 0 saturated heterocycles. The smallest absolute Gasteiger partial charge is 0.277 e. The lowest BCUT2D eigenvalue weighted by Gasteiger charge is -2.06. The zero-order valence-corrected chi connectivity index (χ0v) is 15.7. The molecule has 3 aromatic rings. The third-order valence-corrected chi connectivity index (χ3v) is 4.08.